The number of sulfonamides is 2. The van der Waals surface area contributed by atoms with Crippen LogP contribution in [0.3, 0.4) is 0 Å². The SMILES string of the molecule is Cc1ccc(S(=O)(=O)N2CCCn3cnc(CNS(C)(=O)=O)c3C2)cc1. The largest absolute Gasteiger partial charge is 0.333 e. The maximum atomic E-state index is 13.0. The van der Waals surface area contributed by atoms with Gasteiger partial charge in [-0.15, -0.1) is 0 Å². The Morgan fingerprint density at radius 1 is 1.12 bits per heavy atom. The van der Waals surface area contributed by atoms with Crippen LogP contribution < -0.4 is 4.72 Å². The summed E-state index contributed by atoms with van der Waals surface area (Å²) in [5.74, 6) is 0. The summed E-state index contributed by atoms with van der Waals surface area (Å²) in [4.78, 5) is 4.51. The summed E-state index contributed by atoms with van der Waals surface area (Å²) in [5, 5.41) is 0. The van der Waals surface area contributed by atoms with E-state index >= 15 is 0 Å². The lowest BCUT2D eigenvalue weighted by Gasteiger charge is -2.20. The van der Waals surface area contributed by atoms with E-state index < -0.39 is 20.0 Å². The maximum Gasteiger partial charge on any atom is 0.243 e. The molecule has 1 aromatic carbocycles. The van der Waals surface area contributed by atoms with E-state index in [4.69, 9.17) is 0 Å². The average molecular weight is 399 g/mol. The molecule has 0 saturated carbocycles. The van der Waals surface area contributed by atoms with E-state index in [1.54, 1.807) is 30.6 Å². The Morgan fingerprint density at radius 2 is 1.81 bits per heavy atom. The third kappa shape index (κ3) is 4.14. The number of nitrogens with one attached hydrogen (secondary N) is 1. The molecule has 2 heterocycles. The smallest absolute Gasteiger partial charge is 0.243 e. The van der Waals surface area contributed by atoms with E-state index in [-0.39, 0.29) is 18.0 Å². The lowest BCUT2D eigenvalue weighted by atomic mass is 10.2. The third-order valence-electron chi connectivity index (χ3n) is 4.33. The van der Waals surface area contributed by atoms with Gasteiger partial charge in [-0.1, -0.05) is 17.7 Å². The van der Waals surface area contributed by atoms with Crippen molar-refractivity contribution < 1.29 is 16.8 Å². The molecule has 2 aromatic rings. The first-order chi connectivity index (χ1) is 12.2. The van der Waals surface area contributed by atoms with Crippen molar-refractivity contribution in [1.29, 1.82) is 0 Å². The fourth-order valence-corrected chi connectivity index (χ4v) is 4.74. The standard InChI is InChI=1S/C16H22N4O4S2/c1-13-4-6-14(7-5-13)26(23,24)20-9-3-8-19-12-17-15(16(19)11-20)10-18-25(2,21)22/h4-7,12,18H,3,8-11H2,1-2H3. The van der Waals surface area contributed by atoms with Gasteiger partial charge in [-0.3, -0.25) is 0 Å². The summed E-state index contributed by atoms with van der Waals surface area (Å²) in [6.07, 6.45) is 3.37. The molecule has 0 spiro atoms. The predicted octanol–water partition coefficient (Wildman–Crippen LogP) is 0.835. The summed E-state index contributed by atoms with van der Waals surface area (Å²) >= 11 is 0. The first-order valence-electron chi connectivity index (χ1n) is 8.21. The molecule has 0 amide bonds. The van der Waals surface area contributed by atoms with Gasteiger partial charge in [-0.2, -0.15) is 4.31 Å². The fourth-order valence-electron chi connectivity index (χ4n) is 2.90. The Morgan fingerprint density at radius 3 is 2.46 bits per heavy atom. The van der Waals surface area contributed by atoms with Gasteiger partial charge in [0.1, 0.15) is 0 Å². The van der Waals surface area contributed by atoms with E-state index in [2.05, 4.69) is 9.71 Å². The highest BCUT2D eigenvalue weighted by Crippen LogP contribution is 2.23. The lowest BCUT2D eigenvalue weighted by Crippen LogP contribution is -2.31. The molecule has 0 bridgehead atoms. The Hall–Kier alpha value is -1.75. The van der Waals surface area contributed by atoms with E-state index in [1.165, 1.54) is 4.31 Å². The summed E-state index contributed by atoms with van der Waals surface area (Å²) in [6.45, 7) is 3.15. The van der Waals surface area contributed by atoms with Gasteiger partial charge in [0.25, 0.3) is 0 Å². The topological polar surface area (TPSA) is 101 Å². The number of imidazole rings is 1. The third-order valence-corrected chi connectivity index (χ3v) is 6.85. The van der Waals surface area contributed by atoms with Crippen molar-refractivity contribution in [2.75, 3.05) is 12.8 Å². The number of hydrogen-bond acceptors (Lipinski definition) is 5. The van der Waals surface area contributed by atoms with Crippen molar-refractivity contribution in [1.82, 2.24) is 18.6 Å². The van der Waals surface area contributed by atoms with Crippen LogP contribution in [0.15, 0.2) is 35.5 Å². The molecule has 0 radical (unpaired) electrons. The highest BCUT2D eigenvalue weighted by molar-refractivity contribution is 7.89. The van der Waals surface area contributed by atoms with Crippen molar-refractivity contribution in [3.05, 3.63) is 47.5 Å². The second-order valence-corrected chi connectivity index (χ2v) is 10.2. The predicted molar refractivity (Wildman–Crippen MR) is 97.3 cm³/mol. The van der Waals surface area contributed by atoms with Crippen LogP contribution in [0.5, 0.6) is 0 Å². The van der Waals surface area contributed by atoms with Gasteiger partial charge in [0, 0.05) is 13.1 Å². The molecule has 1 N–H and O–H groups in total. The lowest BCUT2D eigenvalue weighted by molar-refractivity contribution is 0.408. The second kappa shape index (κ2) is 7.10. The maximum absolute atomic E-state index is 13.0. The molecule has 1 aromatic heterocycles. The zero-order valence-corrected chi connectivity index (χ0v) is 16.3. The van der Waals surface area contributed by atoms with Crippen molar-refractivity contribution in [3.63, 3.8) is 0 Å². The highest BCUT2D eigenvalue weighted by Gasteiger charge is 2.28. The van der Waals surface area contributed by atoms with Crippen LogP contribution in [0, 0.1) is 6.92 Å². The van der Waals surface area contributed by atoms with Gasteiger partial charge < -0.3 is 4.57 Å². The molecule has 142 valence electrons. The van der Waals surface area contributed by atoms with E-state index in [9.17, 15) is 16.8 Å². The number of benzene rings is 1. The number of hydrogen-bond donors (Lipinski definition) is 1. The minimum atomic E-state index is -3.63. The zero-order chi connectivity index (χ0) is 18.9. The number of fused-ring (bicyclic) bond motifs is 1. The van der Waals surface area contributed by atoms with Gasteiger partial charge >= 0.3 is 0 Å². The van der Waals surface area contributed by atoms with Gasteiger partial charge in [-0.25, -0.2) is 26.5 Å². The monoisotopic (exact) mass is 398 g/mol. The van der Waals surface area contributed by atoms with Crippen LogP contribution in [0.1, 0.15) is 23.4 Å². The molecule has 0 unspecified atom stereocenters. The molecule has 0 aliphatic carbocycles. The Bertz CT molecular complexity index is 995. The summed E-state index contributed by atoms with van der Waals surface area (Å²) in [7, 11) is -6.99. The Kier molecular flexibility index (Phi) is 5.20. The summed E-state index contributed by atoms with van der Waals surface area (Å²) in [5.41, 5.74) is 2.25. The first-order valence-corrected chi connectivity index (χ1v) is 11.5. The molecule has 10 heteroatoms. The molecule has 0 fully saturated rings. The van der Waals surface area contributed by atoms with Gasteiger partial charge in [-0.05, 0) is 25.5 Å². The van der Waals surface area contributed by atoms with Gasteiger partial charge in [0.15, 0.2) is 0 Å². The van der Waals surface area contributed by atoms with Gasteiger partial charge in [0.05, 0.1) is 42.0 Å². The quantitative estimate of drug-likeness (QED) is 0.804. The molecule has 26 heavy (non-hydrogen) atoms. The molecule has 0 atom stereocenters. The van der Waals surface area contributed by atoms with Crippen molar-refractivity contribution in [3.8, 4) is 0 Å². The zero-order valence-electron chi connectivity index (χ0n) is 14.7. The second-order valence-electron chi connectivity index (χ2n) is 6.43. The van der Waals surface area contributed by atoms with E-state index in [0.29, 0.717) is 30.9 Å². The van der Waals surface area contributed by atoms with E-state index in [0.717, 1.165) is 11.8 Å². The molecule has 1 aliphatic rings. The van der Waals surface area contributed by atoms with Crippen LogP contribution in [0.4, 0.5) is 0 Å². The minimum absolute atomic E-state index is 0.0413. The average Bonchev–Trinajstić information content (AvgIpc) is 2.80. The fraction of sp³-hybridized carbons (Fsp3) is 0.438. The van der Waals surface area contributed by atoms with Crippen molar-refractivity contribution in [2.45, 2.75) is 37.9 Å². The number of rotatable bonds is 5. The Labute approximate surface area is 154 Å². The molecule has 1 aliphatic heterocycles. The van der Waals surface area contributed by atoms with Crippen molar-refractivity contribution >= 4 is 20.0 Å². The summed E-state index contributed by atoms with van der Waals surface area (Å²) in [6, 6.07) is 6.77. The molecular weight excluding hydrogens is 376 g/mol. The minimum Gasteiger partial charge on any atom is -0.333 e. The molecular formula is C16H22N4O4S2. The first kappa shape index (κ1) is 19.0. The highest BCUT2D eigenvalue weighted by atomic mass is 32.2. The van der Waals surface area contributed by atoms with Crippen LogP contribution in [0.25, 0.3) is 0 Å². The van der Waals surface area contributed by atoms with Gasteiger partial charge in [0.2, 0.25) is 20.0 Å². The van der Waals surface area contributed by atoms with Crippen LogP contribution in [0.2, 0.25) is 0 Å². The number of nitrogens with zero attached hydrogens (tertiary/aromatic N) is 3. The molecule has 3 rings (SSSR count). The molecule has 0 saturated heterocycles. The van der Waals surface area contributed by atoms with Crippen molar-refractivity contribution in [2.24, 2.45) is 0 Å². The number of aromatic nitrogens is 2. The van der Waals surface area contributed by atoms with E-state index in [1.807, 2.05) is 11.5 Å². The number of aryl methyl sites for hydroxylation is 2. The van der Waals surface area contributed by atoms with Crippen LogP contribution in [-0.4, -0.2) is 43.5 Å². The van der Waals surface area contributed by atoms with Crippen LogP contribution in [-0.2, 0) is 39.7 Å². The normalized spacial score (nSPS) is 16.2. The van der Waals surface area contributed by atoms with Crippen LogP contribution >= 0.6 is 0 Å². The molecule has 8 nitrogen and oxygen atoms in total. The summed E-state index contributed by atoms with van der Waals surface area (Å²) < 4.78 is 54.4. The Balaban J connectivity index is 1.89.